The Hall–Kier alpha value is -3.40. The van der Waals surface area contributed by atoms with Crippen molar-refractivity contribution in [3.05, 3.63) is 77.1 Å². The zero-order chi connectivity index (χ0) is 29.1. The van der Waals surface area contributed by atoms with Crippen LogP contribution < -0.4 is 16.4 Å². The number of rotatable bonds is 14. The Morgan fingerprint density at radius 2 is 1.62 bits per heavy atom. The molecule has 212 valence electrons. The van der Waals surface area contributed by atoms with E-state index in [0.717, 1.165) is 10.8 Å². The lowest BCUT2D eigenvalue weighted by Crippen LogP contribution is -2.28. The normalized spacial score (nSPS) is 13.3. The number of amides is 2. The monoisotopic (exact) mass is 580 g/mol. The average molecular weight is 581 g/mol. The van der Waals surface area contributed by atoms with Gasteiger partial charge in [0, 0.05) is 65.2 Å². The molecular formula is C24H32N6O7S2. The Kier molecular flexibility index (Phi) is 12.4. The molecule has 15 heteroatoms. The molecule has 0 saturated heterocycles. The molecule has 0 aliphatic carbocycles. The minimum absolute atomic E-state index is 0.0222. The fourth-order valence-corrected chi connectivity index (χ4v) is 6.70. The topological polar surface area (TPSA) is 198 Å². The lowest BCUT2D eigenvalue weighted by Gasteiger charge is -2.21. The number of hydrogen-bond acceptors (Lipinski definition) is 10. The summed E-state index contributed by atoms with van der Waals surface area (Å²) in [7, 11) is -0.979. The Morgan fingerprint density at radius 3 is 2.13 bits per heavy atom. The largest absolute Gasteiger partial charge is 0.396 e. The summed E-state index contributed by atoms with van der Waals surface area (Å²) < 4.78 is 13.4. The fourth-order valence-electron chi connectivity index (χ4n) is 3.36. The van der Waals surface area contributed by atoms with Gasteiger partial charge in [-0.1, -0.05) is 0 Å². The first kappa shape index (κ1) is 31.8. The number of nitrogens with zero attached hydrogens (tertiary/aromatic N) is 3. The third-order valence-electron chi connectivity index (χ3n) is 5.45. The Morgan fingerprint density at radius 1 is 1.05 bits per heavy atom. The molecule has 0 spiro atoms. The van der Waals surface area contributed by atoms with Gasteiger partial charge < -0.3 is 30.4 Å². The van der Waals surface area contributed by atoms with E-state index in [1.165, 1.54) is 24.2 Å². The van der Waals surface area contributed by atoms with Gasteiger partial charge >= 0.3 is 0 Å². The third kappa shape index (κ3) is 9.38. The first-order valence-corrected chi connectivity index (χ1v) is 14.3. The van der Waals surface area contributed by atoms with Gasteiger partial charge in [0.25, 0.3) is 11.1 Å². The molecule has 0 aliphatic heterocycles. The number of nitrogens with one attached hydrogen (secondary N) is 3. The van der Waals surface area contributed by atoms with Gasteiger partial charge in [0.2, 0.25) is 12.3 Å². The number of carbonyl (C=O) groups is 2. The predicted octanol–water partition coefficient (Wildman–Crippen LogP) is 0.412. The van der Waals surface area contributed by atoms with E-state index in [-0.39, 0.29) is 60.8 Å². The summed E-state index contributed by atoms with van der Waals surface area (Å²) in [6.07, 6.45) is 2.98. The van der Waals surface area contributed by atoms with Crippen molar-refractivity contribution in [2.75, 3.05) is 13.2 Å². The number of aromatic nitrogens is 4. The van der Waals surface area contributed by atoms with Crippen molar-refractivity contribution in [2.45, 2.75) is 53.5 Å². The van der Waals surface area contributed by atoms with Crippen LogP contribution in [-0.4, -0.2) is 64.8 Å². The van der Waals surface area contributed by atoms with E-state index in [1.54, 1.807) is 20.8 Å². The van der Waals surface area contributed by atoms with Gasteiger partial charge in [0.1, 0.15) is 21.5 Å². The van der Waals surface area contributed by atoms with Crippen molar-refractivity contribution in [3.8, 4) is 0 Å². The van der Waals surface area contributed by atoms with Gasteiger partial charge in [0.15, 0.2) is 0 Å². The lowest BCUT2D eigenvalue weighted by atomic mass is 10.2. The zero-order valence-electron chi connectivity index (χ0n) is 22.1. The molecule has 1 unspecified atom stereocenters. The summed E-state index contributed by atoms with van der Waals surface area (Å²) >= 11 is 0. The number of aryl methyl sites for hydroxylation is 2. The van der Waals surface area contributed by atoms with Crippen LogP contribution in [-0.2, 0) is 32.4 Å². The molecule has 5 N–H and O–H groups in total. The SMILES string of the molecule is C/C(=C(\CCO)SS(=O)/C(CCO)=C(\C)NC(=O)Cc1cnc(C)[nH]c1=O)N(C=O)Cc1cnc(C)[nH]c1=O. The van der Waals surface area contributed by atoms with E-state index >= 15 is 0 Å². The lowest BCUT2D eigenvalue weighted by molar-refractivity contribution is -0.120. The van der Waals surface area contributed by atoms with Crippen LogP contribution in [0.5, 0.6) is 0 Å². The highest BCUT2D eigenvalue weighted by Crippen LogP contribution is 2.33. The maximum absolute atomic E-state index is 13.4. The molecule has 0 bridgehead atoms. The number of aliphatic hydroxyl groups excluding tert-OH is 2. The molecule has 1 atom stereocenters. The maximum atomic E-state index is 13.4. The highest BCUT2D eigenvalue weighted by molar-refractivity contribution is 8.72. The molecule has 0 aliphatic rings. The summed E-state index contributed by atoms with van der Waals surface area (Å²) in [6.45, 7) is 5.61. The van der Waals surface area contributed by atoms with Crippen LogP contribution in [0, 0.1) is 13.8 Å². The van der Waals surface area contributed by atoms with Crippen molar-refractivity contribution in [3.63, 3.8) is 0 Å². The fraction of sp³-hybridized carbons (Fsp3) is 0.417. The third-order valence-corrected chi connectivity index (χ3v) is 8.88. The van der Waals surface area contributed by atoms with Gasteiger partial charge in [-0.2, -0.15) is 0 Å². The number of aromatic amines is 2. The van der Waals surface area contributed by atoms with Crippen LogP contribution in [0.3, 0.4) is 0 Å². The second-order valence-corrected chi connectivity index (χ2v) is 11.5. The quantitative estimate of drug-likeness (QED) is 0.154. The average Bonchev–Trinajstić information content (AvgIpc) is 2.87. The Bertz CT molecular complexity index is 1400. The van der Waals surface area contributed by atoms with E-state index < -0.39 is 26.9 Å². The molecule has 39 heavy (non-hydrogen) atoms. The second kappa shape index (κ2) is 15.3. The molecule has 0 fully saturated rings. The molecule has 2 rings (SSSR count). The van der Waals surface area contributed by atoms with Gasteiger partial charge in [-0.15, -0.1) is 0 Å². The molecule has 13 nitrogen and oxygen atoms in total. The van der Waals surface area contributed by atoms with Gasteiger partial charge in [-0.25, -0.2) is 14.2 Å². The minimum Gasteiger partial charge on any atom is -0.396 e. The summed E-state index contributed by atoms with van der Waals surface area (Å²) in [4.78, 5) is 63.7. The standard InChI is InChI=1S/C24H32N6O7S2/c1-14(27-22(34)9-18-10-25-16(3)28-23(18)35)21(6-8-32)39(37)38-20(5-7-31)15(2)30(13-33)12-19-11-26-17(4)29-24(19)36/h10-11,13,31-32H,5-9,12H2,1-4H3,(H,27,34)(H,25,28,35)(H,26,29,36)/b20-15-,21-14+. The number of hydrogen-bond donors (Lipinski definition) is 5. The Labute approximate surface area is 230 Å². The molecule has 0 saturated carbocycles. The molecular weight excluding hydrogens is 548 g/mol. The molecule has 2 aromatic heterocycles. The number of H-pyrrole nitrogens is 2. The van der Waals surface area contributed by atoms with Crippen molar-refractivity contribution in [1.29, 1.82) is 0 Å². The number of aliphatic hydroxyl groups is 2. The van der Waals surface area contributed by atoms with E-state index in [9.17, 15) is 33.6 Å². The van der Waals surface area contributed by atoms with Crippen LogP contribution in [0.1, 0.15) is 49.5 Å². The number of allylic oxidation sites excluding steroid dienone is 2. The van der Waals surface area contributed by atoms with Crippen LogP contribution in [0.4, 0.5) is 0 Å². The van der Waals surface area contributed by atoms with Gasteiger partial charge in [0.05, 0.1) is 18.5 Å². The summed E-state index contributed by atoms with van der Waals surface area (Å²) in [5, 5.41) is 21.8. The van der Waals surface area contributed by atoms with Crippen molar-refractivity contribution in [1.82, 2.24) is 30.2 Å². The molecule has 0 radical (unpaired) electrons. The first-order valence-electron chi connectivity index (χ1n) is 11.8. The highest BCUT2D eigenvalue weighted by Gasteiger charge is 2.20. The second-order valence-electron chi connectivity index (χ2n) is 8.43. The molecule has 2 heterocycles. The molecule has 2 aromatic rings. The summed E-state index contributed by atoms with van der Waals surface area (Å²) in [6, 6.07) is 0. The Balaban J connectivity index is 2.29. The molecule has 0 aromatic carbocycles. The predicted molar refractivity (Wildman–Crippen MR) is 147 cm³/mol. The van der Waals surface area contributed by atoms with E-state index in [2.05, 4.69) is 25.3 Å². The maximum Gasteiger partial charge on any atom is 0.255 e. The zero-order valence-corrected chi connectivity index (χ0v) is 23.7. The van der Waals surface area contributed by atoms with Crippen molar-refractivity contribution >= 4 is 32.9 Å². The first-order chi connectivity index (χ1) is 18.5. The summed E-state index contributed by atoms with van der Waals surface area (Å²) in [5.41, 5.74) is 0.167. The molecule has 2 amide bonds. The van der Waals surface area contributed by atoms with Crippen LogP contribution in [0.25, 0.3) is 0 Å². The van der Waals surface area contributed by atoms with Crippen LogP contribution >= 0.6 is 10.8 Å². The highest BCUT2D eigenvalue weighted by atomic mass is 33.1. The summed E-state index contributed by atoms with van der Waals surface area (Å²) in [5.74, 6) is 0.302. The van der Waals surface area contributed by atoms with Gasteiger partial charge in [-0.3, -0.25) is 19.2 Å². The number of carbonyl (C=O) groups excluding carboxylic acids is 2. The van der Waals surface area contributed by atoms with E-state index in [1.807, 2.05) is 0 Å². The van der Waals surface area contributed by atoms with Crippen LogP contribution in [0.2, 0.25) is 0 Å². The van der Waals surface area contributed by atoms with E-state index in [4.69, 9.17) is 0 Å². The van der Waals surface area contributed by atoms with Crippen LogP contribution in [0.15, 0.2) is 43.2 Å². The van der Waals surface area contributed by atoms with Crippen molar-refractivity contribution in [2.24, 2.45) is 0 Å². The minimum atomic E-state index is -1.83. The van der Waals surface area contributed by atoms with Crippen molar-refractivity contribution < 1.29 is 24.0 Å². The smallest absolute Gasteiger partial charge is 0.255 e. The van der Waals surface area contributed by atoms with E-state index in [0.29, 0.717) is 28.7 Å². The van der Waals surface area contributed by atoms with Gasteiger partial charge in [-0.05, 0) is 38.5 Å².